The van der Waals surface area contributed by atoms with Gasteiger partial charge in [0.25, 0.3) is 0 Å². The molecule has 1 aromatic carbocycles. The third-order valence-electron chi connectivity index (χ3n) is 3.27. The molecule has 2 aromatic heterocycles. The summed E-state index contributed by atoms with van der Waals surface area (Å²) in [5.41, 5.74) is 5.02. The number of H-pyrrole nitrogens is 1. The summed E-state index contributed by atoms with van der Waals surface area (Å²) in [6, 6.07) is 8.52. The maximum atomic E-state index is 4.36. The van der Waals surface area contributed by atoms with Crippen LogP contribution in [0.1, 0.15) is 45.0 Å². The van der Waals surface area contributed by atoms with Gasteiger partial charge in [0, 0.05) is 23.0 Å². The molecular weight excluding hydrogens is 281 g/mol. The monoisotopic (exact) mass is 303 g/mol. The first-order valence-electron chi connectivity index (χ1n) is 7.40. The van der Waals surface area contributed by atoms with E-state index in [1.165, 1.54) is 11.1 Å². The Balaban J connectivity index is 0.000000775. The van der Waals surface area contributed by atoms with Crippen molar-refractivity contribution in [1.82, 2.24) is 15.0 Å². The third-order valence-corrected chi connectivity index (χ3v) is 3.27. The maximum absolute atomic E-state index is 4.36. The van der Waals surface area contributed by atoms with Crippen LogP contribution in [-0.4, -0.2) is 15.0 Å². The van der Waals surface area contributed by atoms with Crippen LogP contribution < -0.4 is 29.6 Å². The number of nitrogens with zero attached hydrogens (tertiary/aromatic N) is 2. The summed E-state index contributed by atoms with van der Waals surface area (Å²) in [6.45, 7) is 12.1. The summed E-state index contributed by atoms with van der Waals surface area (Å²) >= 11 is 0. The van der Waals surface area contributed by atoms with Crippen LogP contribution in [0.15, 0.2) is 36.7 Å². The topological polar surface area (TPSA) is 41.6 Å². The van der Waals surface area contributed by atoms with Gasteiger partial charge < -0.3 is 9.97 Å². The molecule has 0 amide bonds. The predicted octanol–water partition coefficient (Wildman–Crippen LogP) is 1.96. The second kappa shape index (κ2) is 8.37. The molecule has 4 heteroatoms. The molecule has 3 rings (SSSR count). The molecule has 0 spiro atoms. The summed E-state index contributed by atoms with van der Waals surface area (Å²) in [7, 11) is 0. The number of hydrogen-bond acceptors (Lipinski definition) is 2. The standard InChI is InChI=1S/C16H16N3.C2H6.Na/c1-10(2)14-6-12-4-5-13(7-15(12)19-14)16-9-17-11(3)8-18-16;1-2;/h4-10,19H,3H2,1-2H3;1-2H3;/q-1;;+1. The molecule has 110 valence electrons. The van der Waals surface area contributed by atoms with Crippen LogP contribution >= 0.6 is 0 Å². The van der Waals surface area contributed by atoms with E-state index in [2.05, 4.69) is 60.0 Å². The van der Waals surface area contributed by atoms with Gasteiger partial charge in [-0.05, 0) is 23.4 Å². The fourth-order valence-corrected chi connectivity index (χ4v) is 2.12. The van der Waals surface area contributed by atoms with E-state index in [9.17, 15) is 0 Å². The Morgan fingerprint density at radius 2 is 1.77 bits per heavy atom. The Morgan fingerprint density at radius 1 is 1.05 bits per heavy atom. The van der Waals surface area contributed by atoms with Crippen molar-refractivity contribution in [2.75, 3.05) is 0 Å². The van der Waals surface area contributed by atoms with E-state index < -0.39 is 0 Å². The number of benzene rings is 1. The summed E-state index contributed by atoms with van der Waals surface area (Å²) < 4.78 is 0. The summed E-state index contributed by atoms with van der Waals surface area (Å²) in [5.74, 6) is 0.501. The minimum atomic E-state index is 0. The van der Waals surface area contributed by atoms with Crippen molar-refractivity contribution in [3.05, 3.63) is 55.0 Å². The van der Waals surface area contributed by atoms with Gasteiger partial charge in [-0.1, -0.05) is 51.7 Å². The average molecular weight is 303 g/mol. The Bertz CT molecular complexity index is 715. The quantitative estimate of drug-likeness (QED) is 0.581. The molecule has 0 unspecified atom stereocenters. The zero-order chi connectivity index (χ0) is 15.4. The fraction of sp³-hybridized carbons (Fsp3) is 0.278. The van der Waals surface area contributed by atoms with Gasteiger partial charge >= 0.3 is 29.6 Å². The van der Waals surface area contributed by atoms with Gasteiger partial charge in [0.1, 0.15) is 0 Å². The van der Waals surface area contributed by atoms with E-state index in [1.54, 1.807) is 12.4 Å². The number of fused-ring (bicyclic) bond motifs is 1. The Hall–Kier alpha value is -1.29. The second-order valence-corrected chi connectivity index (χ2v) is 5.07. The molecule has 0 bridgehead atoms. The Kier molecular flexibility index (Phi) is 7.14. The van der Waals surface area contributed by atoms with Crippen LogP contribution in [0.25, 0.3) is 22.2 Å². The molecule has 0 aliphatic heterocycles. The predicted molar refractivity (Wildman–Crippen MR) is 89.2 cm³/mol. The summed E-state index contributed by atoms with van der Waals surface area (Å²) in [6.07, 6.45) is 3.45. The molecular formula is C18H22N3Na. The van der Waals surface area contributed by atoms with Gasteiger partial charge in [-0.25, -0.2) is 6.92 Å². The van der Waals surface area contributed by atoms with Crippen LogP contribution in [0.3, 0.4) is 0 Å². The smallest absolute Gasteiger partial charge is 0.358 e. The molecule has 3 aromatic rings. The molecule has 0 saturated carbocycles. The van der Waals surface area contributed by atoms with E-state index in [4.69, 9.17) is 0 Å². The molecule has 0 fully saturated rings. The van der Waals surface area contributed by atoms with Gasteiger partial charge in [-0.15, -0.1) is 0 Å². The Morgan fingerprint density at radius 3 is 2.36 bits per heavy atom. The van der Waals surface area contributed by atoms with Gasteiger partial charge in [-0.2, -0.15) is 0 Å². The molecule has 0 radical (unpaired) electrons. The largest absolute Gasteiger partial charge is 1.00 e. The van der Waals surface area contributed by atoms with E-state index >= 15 is 0 Å². The van der Waals surface area contributed by atoms with Crippen LogP contribution in [-0.2, 0) is 0 Å². The summed E-state index contributed by atoms with van der Waals surface area (Å²) in [4.78, 5) is 12.0. The molecule has 2 heterocycles. The van der Waals surface area contributed by atoms with Crippen LogP contribution in [0.2, 0.25) is 0 Å². The fourth-order valence-electron chi connectivity index (χ4n) is 2.12. The first-order chi connectivity index (χ1) is 10.1. The molecule has 0 atom stereocenters. The maximum Gasteiger partial charge on any atom is 1.00 e. The zero-order valence-electron chi connectivity index (χ0n) is 14.1. The van der Waals surface area contributed by atoms with Crippen LogP contribution in [0.4, 0.5) is 0 Å². The van der Waals surface area contributed by atoms with E-state index in [0.29, 0.717) is 11.6 Å². The van der Waals surface area contributed by atoms with Crippen molar-refractivity contribution in [3.63, 3.8) is 0 Å². The van der Waals surface area contributed by atoms with E-state index in [0.717, 1.165) is 16.8 Å². The van der Waals surface area contributed by atoms with Crippen molar-refractivity contribution in [2.45, 2.75) is 33.6 Å². The first kappa shape index (κ1) is 18.8. The molecule has 3 nitrogen and oxygen atoms in total. The Labute approximate surface area is 154 Å². The molecule has 22 heavy (non-hydrogen) atoms. The van der Waals surface area contributed by atoms with E-state index in [-0.39, 0.29) is 29.6 Å². The summed E-state index contributed by atoms with van der Waals surface area (Å²) in [5, 5.41) is 1.23. The van der Waals surface area contributed by atoms with Gasteiger partial charge in [0.15, 0.2) is 0 Å². The van der Waals surface area contributed by atoms with Crippen molar-refractivity contribution in [1.29, 1.82) is 0 Å². The molecule has 0 aliphatic rings. The van der Waals surface area contributed by atoms with Gasteiger partial charge in [0.05, 0.1) is 5.69 Å². The molecule has 0 aliphatic carbocycles. The number of nitrogens with one attached hydrogen (secondary N) is 1. The number of hydrogen-bond donors (Lipinski definition) is 1. The van der Waals surface area contributed by atoms with Gasteiger partial charge in [0.2, 0.25) is 0 Å². The van der Waals surface area contributed by atoms with Crippen molar-refractivity contribution >= 4 is 10.9 Å². The molecule has 1 N–H and O–H groups in total. The number of rotatable bonds is 2. The average Bonchev–Trinajstić information content (AvgIpc) is 2.93. The SMILES string of the molecule is CC.[CH2-]c1cnc(-c2ccc3cc(C(C)C)[nH]c3c2)cn1.[Na+]. The van der Waals surface area contributed by atoms with Crippen LogP contribution in [0, 0.1) is 6.92 Å². The third kappa shape index (κ3) is 4.13. The minimum absolute atomic E-state index is 0. The number of aromatic amines is 1. The van der Waals surface area contributed by atoms with Crippen LogP contribution in [0.5, 0.6) is 0 Å². The van der Waals surface area contributed by atoms with Crippen molar-refractivity contribution < 1.29 is 29.6 Å². The second-order valence-electron chi connectivity index (χ2n) is 5.07. The number of aromatic nitrogens is 3. The van der Waals surface area contributed by atoms with E-state index in [1.807, 2.05) is 13.8 Å². The first-order valence-corrected chi connectivity index (χ1v) is 7.40. The van der Waals surface area contributed by atoms with Crippen molar-refractivity contribution in [3.8, 4) is 11.3 Å². The minimum Gasteiger partial charge on any atom is -0.358 e. The molecule has 0 saturated heterocycles. The zero-order valence-corrected chi connectivity index (χ0v) is 16.1. The van der Waals surface area contributed by atoms with Gasteiger partial charge in [-0.3, -0.25) is 4.98 Å². The normalized spacial score (nSPS) is 10.0. The van der Waals surface area contributed by atoms with Crippen molar-refractivity contribution in [2.24, 2.45) is 0 Å².